The van der Waals surface area contributed by atoms with E-state index >= 15 is 0 Å². The first-order valence-electron chi connectivity index (χ1n) is 7.08. The normalized spacial score (nSPS) is 43.6. The number of rotatable bonds is 6. The van der Waals surface area contributed by atoms with E-state index in [4.69, 9.17) is 5.73 Å². The van der Waals surface area contributed by atoms with E-state index in [0.717, 1.165) is 19.3 Å². The molecule has 4 aliphatic rings. The third-order valence-electron chi connectivity index (χ3n) is 5.29. The Kier molecular flexibility index (Phi) is 3.01. The summed E-state index contributed by atoms with van der Waals surface area (Å²) in [5, 5.41) is 19.5. The van der Waals surface area contributed by atoms with Gasteiger partial charge in [0.2, 0.25) is 0 Å². The van der Waals surface area contributed by atoms with Crippen LogP contribution < -0.4 is 5.73 Å². The van der Waals surface area contributed by atoms with Crippen LogP contribution in [0.4, 0.5) is 0 Å². The average Bonchev–Trinajstić information content (AvgIpc) is 2.31. The molecule has 0 heterocycles. The number of hydrogen-bond acceptors (Lipinski definition) is 7. The molecular weight excluding hydrogens is 282 g/mol. The summed E-state index contributed by atoms with van der Waals surface area (Å²) in [4.78, 5) is 30.3. The van der Waals surface area contributed by atoms with E-state index in [1.807, 2.05) is 0 Å². The smallest absolute Gasteiger partial charge is 0.294 e. The van der Waals surface area contributed by atoms with Crippen molar-refractivity contribution in [2.24, 2.45) is 22.5 Å². The van der Waals surface area contributed by atoms with Gasteiger partial charge in [-0.1, -0.05) is 0 Å². The van der Waals surface area contributed by atoms with Gasteiger partial charge < -0.3 is 15.4 Å². The Hall–Kier alpha value is -1.64. The summed E-state index contributed by atoms with van der Waals surface area (Å²) in [5.41, 5.74) is 5.36. The molecule has 21 heavy (non-hydrogen) atoms. The molecule has 0 spiro atoms. The molecule has 4 atom stereocenters. The summed E-state index contributed by atoms with van der Waals surface area (Å²) in [7, 11) is 0. The fourth-order valence-corrected chi connectivity index (χ4v) is 5.63. The van der Waals surface area contributed by atoms with Gasteiger partial charge in [-0.05, 0) is 55.3 Å². The van der Waals surface area contributed by atoms with E-state index in [0.29, 0.717) is 25.2 Å². The van der Waals surface area contributed by atoms with E-state index in [-0.39, 0.29) is 24.0 Å². The fourth-order valence-electron chi connectivity index (χ4n) is 5.63. The van der Waals surface area contributed by atoms with Gasteiger partial charge in [-0.2, -0.15) is 0 Å². The predicted molar refractivity (Wildman–Crippen MR) is 68.9 cm³/mol. The molecule has 0 aromatic heterocycles. The van der Waals surface area contributed by atoms with Gasteiger partial charge in [-0.15, -0.1) is 20.2 Å². The first-order valence-corrected chi connectivity index (χ1v) is 7.08. The van der Waals surface area contributed by atoms with Gasteiger partial charge in [-0.25, -0.2) is 0 Å². The molecule has 4 rings (SSSR count). The first kappa shape index (κ1) is 14.3. The lowest BCUT2D eigenvalue weighted by Crippen LogP contribution is -2.65. The van der Waals surface area contributed by atoms with Crippen LogP contribution in [0, 0.1) is 37.0 Å². The minimum atomic E-state index is -0.776. The predicted octanol–water partition coefficient (Wildman–Crippen LogP) is 1.07. The van der Waals surface area contributed by atoms with Crippen molar-refractivity contribution in [3.05, 3.63) is 20.2 Å². The Morgan fingerprint density at radius 1 is 0.952 bits per heavy atom. The molecule has 4 fully saturated rings. The van der Waals surface area contributed by atoms with Crippen LogP contribution in [0.25, 0.3) is 0 Å². The Labute approximate surface area is 121 Å². The van der Waals surface area contributed by atoms with Crippen molar-refractivity contribution in [3.8, 4) is 0 Å². The zero-order chi connectivity index (χ0) is 15.3. The highest BCUT2D eigenvalue weighted by molar-refractivity contribution is 5.15. The molecular formula is C12H19N3O6. The summed E-state index contributed by atoms with van der Waals surface area (Å²) in [5.74, 6) is 0.344. The highest BCUT2D eigenvalue weighted by Gasteiger charge is 2.62. The molecule has 0 amide bonds. The quantitative estimate of drug-likeness (QED) is 0.573. The van der Waals surface area contributed by atoms with Gasteiger partial charge in [0, 0.05) is 5.54 Å². The van der Waals surface area contributed by atoms with Gasteiger partial charge in [0.25, 0.3) is 10.2 Å². The maximum atomic E-state index is 10.5. The standard InChI is InChI=1S/C12H19N3O6/c13-12-3-9-1-10(5-12,7-20-14(16)17)4-11(2-9,6-12)8-21-15(18)19/h9H,1-8,13H2/t9?,10-,11+,12?. The molecule has 2 unspecified atom stereocenters. The Morgan fingerprint density at radius 2 is 1.43 bits per heavy atom. The molecule has 0 saturated heterocycles. The van der Waals surface area contributed by atoms with Crippen molar-refractivity contribution in [2.45, 2.75) is 44.1 Å². The van der Waals surface area contributed by atoms with E-state index in [1.165, 1.54) is 0 Å². The van der Waals surface area contributed by atoms with Crippen molar-refractivity contribution in [3.63, 3.8) is 0 Å². The largest absolute Gasteiger partial charge is 0.325 e. The maximum absolute atomic E-state index is 10.5. The van der Waals surface area contributed by atoms with Crippen molar-refractivity contribution >= 4 is 0 Å². The summed E-state index contributed by atoms with van der Waals surface area (Å²) >= 11 is 0. The van der Waals surface area contributed by atoms with Crippen molar-refractivity contribution in [1.82, 2.24) is 0 Å². The van der Waals surface area contributed by atoms with Crippen LogP contribution in [0.2, 0.25) is 0 Å². The maximum Gasteiger partial charge on any atom is 0.294 e. The van der Waals surface area contributed by atoms with Crippen LogP contribution in [0.15, 0.2) is 0 Å². The molecule has 4 aliphatic carbocycles. The van der Waals surface area contributed by atoms with E-state index in [2.05, 4.69) is 9.68 Å². The van der Waals surface area contributed by atoms with E-state index in [1.54, 1.807) is 0 Å². The van der Waals surface area contributed by atoms with Crippen LogP contribution in [0.5, 0.6) is 0 Å². The van der Waals surface area contributed by atoms with E-state index < -0.39 is 15.7 Å². The monoisotopic (exact) mass is 301 g/mol. The minimum Gasteiger partial charge on any atom is -0.325 e. The highest BCUT2D eigenvalue weighted by Crippen LogP contribution is 2.66. The molecule has 0 aliphatic heterocycles. The zero-order valence-corrected chi connectivity index (χ0v) is 11.7. The minimum absolute atomic E-state index is 0.0235. The molecule has 0 aromatic carbocycles. The number of hydrogen-bond donors (Lipinski definition) is 1. The third kappa shape index (κ3) is 2.61. The molecule has 9 heteroatoms. The number of nitrogens with zero attached hydrogens (tertiary/aromatic N) is 2. The zero-order valence-electron chi connectivity index (χ0n) is 11.7. The second-order valence-corrected chi connectivity index (χ2v) is 7.37. The molecule has 118 valence electrons. The second kappa shape index (κ2) is 4.43. The summed E-state index contributed by atoms with van der Waals surface area (Å²) in [6, 6.07) is 0. The van der Waals surface area contributed by atoms with Crippen LogP contribution >= 0.6 is 0 Å². The molecule has 2 N–H and O–H groups in total. The second-order valence-electron chi connectivity index (χ2n) is 7.37. The molecule has 9 nitrogen and oxygen atoms in total. The van der Waals surface area contributed by atoms with Gasteiger partial charge in [-0.3, -0.25) is 0 Å². The lowest BCUT2D eigenvalue weighted by Gasteiger charge is -2.65. The summed E-state index contributed by atoms with van der Waals surface area (Å²) in [6.07, 6.45) is 4.60. The Morgan fingerprint density at radius 3 is 1.81 bits per heavy atom. The van der Waals surface area contributed by atoms with Crippen LogP contribution in [0.3, 0.4) is 0 Å². The topological polar surface area (TPSA) is 131 Å². The lowest BCUT2D eigenvalue weighted by atomic mass is 9.42. The molecule has 4 saturated carbocycles. The van der Waals surface area contributed by atoms with Crippen LogP contribution in [-0.2, 0) is 9.68 Å². The van der Waals surface area contributed by atoms with Crippen molar-refractivity contribution < 1.29 is 19.8 Å². The molecule has 4 bridgehead atoms. The van der Waals surface area contributed by atoms with Crippen molar-refractivity contribution in [1.29, 1.82) is 0 Å². The molecule has 0 aromatic rings. The average molecular weight is 301 g/mol. The lowest BCUT2D eigenvalue weighted by molar-refractivity contribution is -0.764. The Balaban J connectivity index is 1.81. The first-order chi connectivity index (χ1) is 9.74. The van der Waals surface area contributed by atoms with E-state index in [9.17, 15) is 20.2 Å². The van der Waals surface area contributed by atoms with Crippen molar-refractivity contribution in [2.75, 3.05) is 13.2 Å². The van der Waals surface area contributed by atoms with Gasteiger partial charge in [0.1, 0.15) is 13.2 Å². The summed E-state index contributed by atoms with van der Waals surface area (Å²) < 4.78 is 0. The van der Waals surface area contributed by atoms with Gasteiger partial charge in [0.15, 0.2) is 0 Å². The van der Waals surface area contributed by atoms with Gasteiger partial charge >= 0.3 is 0 Å². The van der Waals surface area contributed by atoms with Crippen LogP contribution in [-0.4, -0.2) is 28.9 Å². The number of nitrogens with two attached hydrogens (primary N) is 1. The van der Waals surface area contributed by atoms with Crippen LogP contribution in [0.1, 0.15) is 38.5 Å². The third-order valence-corrected chi connectivity index (χ3v) is 5.29. The van der Waals surface area contributed by atoms with Gasteiger partial charge in [0.05, 0.1) is 0 Å². The SMILES string of the molecule is NC12CC3C[C@@](CO[N+](=O)[O-])(C1)C[C@](CO[N+](=O)[O-])(C3)C2. The summed E-state index contributed by atoms with van der Waals surface area (Å²) in [6.45, 7) is 0.0470. The Bertz CT molecular complexity index is 450. The fraction of sp³-hybridized carbons (Fsp3) is 1.00. The highest BCUT2D eigenvalue weighted by atomic mass is 17.0. The molecule has 0 radical (unpaired) electrons.